The highest BCUT2D eigenvalue weighted by molar-refractivity contribution is 5.78. The van der Waals surface area contributed by atoms with Crippen LogP contribution in [0.25, 0.3) is 0 Å². The Labute approximate surface area is 99.2 Å². The van der Waals surface area contributed by atoms with Gasteiger partial charge in [-0.15, -0.1) is 0 Å². The third-order valence-corrected chi connectivity index (χ3v) is 3.64. The highest BCUT2D eigenvalue weighted by atomic mass is 16.1. The zero-order valence-electron chi connectivity index (χ0n) is 10.5. The molecule has 1 amide bonds. The molecule has 0 aromatic heterocycles. The summed E-state index contributed by atoms with van der Waals surface area (Å²) in [5.41, 5.74) is 5.40. The first kappa shape index (κ1) is 13.5. The second kappa shape index (κ2) is 7.66. The molecule has 0 aromatic rings. The van der Waals surface area contributed by atoms with Crippen molar-refractivity contribution in [2.45, 2.75) is 51.9 Å². The minimum absolute atomic E-state index is 0.223. The van der Waals surface area contributed by atoms with Gasteiger partial charge < -0.3 is 11.1 Å². The molecule has 1 unspecified atom stereocenters. The zero-order valence-corrected chi connectivity index (χ0v) is 10.5. The van der Waals surface area contributed by atoms with Gasteiger partial charge in [0.15, 0.2) is 0 Å². The van der Waals surface area contributed by atoms with Gasteiger partial charge in [-0.05, 0) is 31.7 Å². The lowest BCUT2D eigenvalue weighted by Gasteiger charge is -2.18. The minimum Gasteiger partial charge on any atom is -0.356 e. The molecule has 0 bridgehead atoms. The van der Waals surface area contributed by atoms with E-state index in [4.69, 9.17) is 5.73 Å². The van der Waals surface area contributed by atoms with E-state index in [2.05, 4.69) is 12.2 Å². The van der Waals surface area contributed by atoms with E-state index < -0.39 is 0 Å². The van der Waals surface area contributed by atoms with Crippen LogP contribution in [-0.4, -0.2) is 19.0 Å². The monoisotopic (exact) mass is 226 g/mol. The summed E-state index contributed by atoms with van der Waals surface area (Å²) in [6.07, 6.45) is 8.30. The molecular weight excluding hydrogens is 200 g/mol. The standard InChI is InChI=1S/C13H26N2O/c1-2-12(10-11-6-3-4-7-11)13(16)15-9-5-8-14/h11-12H,2-10,14H2,1H3,(H,15,16). The van der Waals surface area contributed by atoms with Gasteiger partial charge in [0.1, 0.15) is 0 Å². The van der Waals surface area contributed by atoms with E-state index in [1.54, 1.807) is 0 Å². The van der Waals surface area contributed by atoms with Crippen LogP contribution >= 0.6 is 0 Å². The van der Waals surface area contributed by atoms with E-state index >= 15 is 0 Å². The molecule has 16 heavy (non-hydrogen) atoms. The molecule has 94 valence electrons. The predicted molar refractivity (Wildman–Crippen MR) is 67.0 cm³/mol. The maximum atomic E-state index is 11.9. The fourth-order valence-electron chi connectivity index (χ4n) is 2.57. The van der Waals surface area contributed by atoms with Crippen molar-refractivity contribution in [1.29, 1.82) is 0 Å². The van der Waals surface area contributed by atoms with E-state index in [1.807, 2.05) is 0 Å². The highest BCUT2D eigenvalue weighted by Gasteiger charge is 2.23. The second-order valence-electron chi connectivity index (χ2n) is 4.92. The van der Waals surface area contributed by atoms with Crippen molar-refractivity contribution in [1.82, 2.24) is 5.32 Å². The van der Waals surface area contributed by atoms with Crippen molar-refractivity contribution in [3.05, 3.63) is 0 Å². The summed E-state index contributed by atoms with van der Waals surface area (Å²) < 4.78 is 0. The summed E-state index contributed by atoms with van der Waals surface area (Å²) >= 11 is 0. The van der Waals surface area contributed by atoms with Crippen molar-refractivity contribution >= 4 is 5.91 Å². The molecule has 0 aliphatic heterocycles. The van der Waals surface area contributed by atoms with Gasteiger partial charge >= 0.3 is 0 Å². The average molecular weight is 226 g/mol. The Morgan fingerprint density at radius 2 is 2.12 bits per heavy atom. The topological polar surface area (TPSA) is 55.1 Å². The third-order valence-electron chi connectivity index (χ3n) is 3.64. The lowest BCUT2D eigenvalue weighted by Crippen LogP contribution is -2.32. The number of rotatable bonds is 7. The molecular formula is C13H26N2O. The maximum absolute atomic E-state index is 11.9. The van der Waals surface area contributed by atoms with Crippen LogP contribution in [0.5, 0.6) is 0 Å². The molecule has 3 nitrogen and oxygen atoms in total. The Hall–Kier alpha value is -0.570. The molecule has 1 atom stereocenters. The number of hydrogen-bond acceptors (Lipinski definition) is 2. The van der Waals surface area contributed by atoms with Crippen LogP contribution in [-0.2, 0) is 4.79 Å². The van der Waals surface area contributed by atoms with Gasteiger partial charge in [0.05, 0.1) is 0 Å². The Kier molecular flexibility index (Phi) is 6.46. The zero-order chi connectivity index (χ0) is 11.8. The van der Waals surface area contributed by atoms with E-state index in [0.29, 0.717) is 6.54 Å². The van der Waals surface area contributed by atoms with Crippen LogP contribution in [0.3, 0.4) is 0 Å². The van der Waals surface area contributed by atoms with Crippen molar-refractivity contribution in [3.63, 3.8) is 0 Å². The SMILES string of the molecule is CCC(CC1CCCC1)C(=O)NCCCN. The lowest BCUT2D eigenvalue weighted by atomic mass is 9.91. The normalized spacial score (nSPS) is 18.6. The molecule has 1 aliphatic carbocycles. The largest absolute Gasteiger partial charge is 0.356 e. The van der Waals surface area contributed by atoms with E-state index in [0.717, 1.165) is 31.7 Å². The molecule has 3 N–H and O–H groups in total. The average Bonchev–Trinajstić information content (AvgIpc) is 2.78. The summed E-state index contributed by atoms with van der Waals surface area (Å²) in [5.74, 6) is 1.26. The van der Waals surface area contributed by atoms with Gasteiger partial charge in [0.2, 0.25) is 5.91 Å². The number of carbonyl (C=O) groups excluding carboxylic acids is 1. The number of carbonyl (C=O) groups is 1. The number of nitrogens with two attached hydrogens (primary N) is 1. The van der Waals surface area contributed by atoms with Crippen LogP contribution in [0.1, 0.15) is 51.9 Å². The predicted octanol–water partition coefficient (Wildman–Crippen LogP) is 2.06. The molecule has 0 heterocycles. The van der Waals surface area contributed by atoms with Crippen LogP contribution < -0.4 is 11.1 Å². The molecule has 0 aromatic carbocycles. The maximum Gasteiger partial charge on any atom is 0.223 e. The van der Waals surface area contributed by atoms with E-state index in [1.165, 1.54) is 25.7 Å². The van der Waals surface area contributed by atoms with Crippen LogP contribution in [0.15, 0.2) is 0 Å². The first-order chi connectivity index (χ1) is 7.77. The lowest BCUT2D eigenvalue weighted by molar-refractivity contribution is -0.125. The third kappa shape index (κ3) is 4.52. The first-order valence-electron chi connectivity index (χ1n) is 6.75. The molecule has 0 spiro atoms. The van der Waals surface area contributed by atoms with Gasteiger partial charge in [0.25, 0.3) is 0 Å². The number of amides is 1. The summed E-state index contributed by atoms with van der Waals surface area (Å²) in [4.78, 5) is 11.9. The Morgan fingerprint density at radius 3 is 2.69 bits per heavy atom. The molecule has 3 heteroatoms. The van der Waals surface area contributed by atoms with Gasteiger partial charge in [-0.25, -0.2) is 0 Å². The second-order valence-corrected chi connectivity index (χ2v) is 4.92. The Balaban J connectivity index is 2.25. The summed E-state index contributed by atoms with van der Waals surface area (Å²) in [7, 11) is 0. The molecule has 1 rings (SSSR count). The molecule has 1 aliphatic rings. The fraction of sp³-hybridized carbons (Fsp3) is 0.923. The van der Waals surface area contributed by atoms with Gasteiger partial charge in [-0.2, -0.15) is 0 Å². The fourth-order valence-corrected chi connectivity index (χ4v) is 2.57. The van der Waals surface area contributed by atoms with Gasteiger partial charge in [-0.3, -0.25) is 4.79 Å². The van der Waals surface area contributed by atoms with Crippen molar-refractivity contribution in [2.75, 3.05) is 13.1 Å². The highest BCUT2D eigenvalue weighted by Crippen LogP contribution is 2.31. The summed E-state index contributed by atoms with van der Waals surface area (Å²) in [5, 5.41) is 2.99. The summed E-state index contributed by atoms with van der Waals surface area (Å²) in [6, 6.07) is 0. The van der Waals surface area contributed by atoms with Crippen molar-refractivity contribution in [3.8, 4) is 0 Å². The Morgan fingerprint density at radius 1 is 1.44 bits per heavy atom. The van der Waals surface area contributed by atoms with Crippen molar-refractivity contribution < 1.29 is 4.79 Å². The Bertz CT molecular complexity index is 200. The van der Waals surface area contributed by atoms with E-state index in [-0.39, 0.29) is 11.8 Å². The molecule has 0 saturated heterocycles. The van der Waals surface area contributed by atoms with Gasteiger partial charge in [-0.1, -0.05) is 32.6 Å². The minimum atomic E-state index is 0.223. The quantitative estimate of drug-likeness (QED) is 0.653. The van der Waals surface area contributed by atoms with Crippen molar-refractivity contribution in [2.24, 2.45) is 17.6 Å². The van der Waals surface area contributed by atoms with Gasteiger partial charge in [0, 0.05) is 12.5 Å². The summed E-state index contributed by atoms with van der Waals surface area (Å²) in [6.45, 7) is 3.50. The smallest absolute Gasteiger partial charge is 0.223 e. The first-order valence-corrected chi connectivity index (χ1v) is 6.75. The molecule has 1 saturated carbocycles. The van der Waals surface area contributed by atoms with Crippen LogP contribution in [0.4, 0.5) is 0 Å². The molecule has 1 fully saturated rings. The number of nitrogens with one attached hydrogen (secondary N) is 1. The number of hydrogen-bond donors (Lipinski definition) is 2. The van der Waals surface area contributed by atoms with E-state index in [9.17, 15) is 4.79 Å². The van der Waals surface area contributed by atoms with Crippen LogP contribution in [0, 0.1) is 11.8 Å². The van der Waals surface area contributed by atoms with Crippen LogP contribution in [0.2, 0.25) is 0 Å². The molecule has 0 radical (unpaired) electrons.